The lowest BCUT2D eigenvalue weighted by atomic mass is 9.87. The first kappa shape index (κ1) is 13.6. The first-order valence-electron chi connectivity index (χ1n) is 5.80. The second-order valence-corrected chi connectivity index (χ2v) is 5.59. The third kappa shape index (κ3) is 4.89. The van der Waals surface area contributed by atoms with Gasteiger partial charge >= 0.3 is 5.97 Å². The van der Waals surface area contributed by atoms with E-state index in [2.05, 4.69) is 20.8 Å². The van der Waals surface area contributed by atoms with Crippen LogP contribution in [0, 0.1) is 5.41 Å². The molecule has 1 aromatic carbocycles. The fourth-order valence-corrected chi connectivity index (χ4v) is 1.76. The maximum Gasteiger partial charge on any atom is 0.303 e. The molecule has 0 bridgehead atoms. The highest BCUT2D eigenvalue weighted by molar-refractivity contribution is 5.67. The minimum absolute atomic E-state index is 0.100. The highest BCUT2D eigenvalue weighted by atomic mass is 16.4. The van der Waals surface area contributed by atoms with Crippen molar-refractivity contribution in [1.29, 1.82) is 0 Å². The molecule has 3 heteroatoms. The van der Waals surface area contributed by atoms with Gasteiger partial charge in [-0.3, -0.25) is 4.79 Å². The molecule has 0 amide bonds. The van der Waals surface area contributed by atoms with Crippen molar-refractivity contribution in [3.8, 4) is 5.75 Å². The number of carboxylic acid groups (broad SMARTS) is 1. The van der Waals surface area contributed by atoms with Crippen LogP contribution in [0.15, 0.2) is 18.2 Å². The van der Waals surface area contributed by atoms with E-state index in [-0.39, 0.29) is 11.8 Å². The highest BCUT2D eigenvalue weighted by Crippen LogP contribution is 2.27. The summed E-state index contributed by atoms with van der Waals surface area (Å²) in [5.41, 5.74) is 1.95. The molecule has 3 nitrogen and oxygen atoms in total. The van der Waals surface area contributed by atoms with E-state index < -0.39 is 5.97 Å². The topological polar surface area (TPSA) is 57.5 Å². The van der Waals surface area contributed by atoms with Crippen molar-refractivity contribution in [3.05, 3.63) is 29.3 Å². The summed E-state index contributed by atoms with van der Waals surface area (Å²) in [5.74, 6) is -0.505. The van der Waals surface area contributed by atoms with E-state index in [1.54, 1.807) is 12.1 Å². The molecule has 0 aliphatic carbocycles. The highest BCUT2D eigenvalue weighted by Gasteiger charge is 2.14. The van der Waals surface area contributed by atoms with Gasteiger partial charge in [0.25, 0.3) is 0 Å². The van der Waals surface area contributed by atoms with E-state index in [4.69, 9.17) is 5.11 Å². The van der Waals surface area contributed by atoms with E-state index in [1.165, 1.54) is 0 Å². The van der Waals surface area contributed by atoms with Gasteiger partial charge in [0.15, 0.2) is 0 Å². The normalized spacial score (nSPS) is 11.5. The molecular weight excluding hydrogens is 216 g/mol. The van der Waals surface area contributed by atoms with E-state index in [0.29, 0.717) is 12.2 Å². The van der Waals surface area contributed by atoms with Gasteiger partial charge in [-0.1, -0.05) is 32.9 Å². The Kier molecular flexibility index (Phi) is 4.16. The zero-order chi connectivity index (χ0) is 13.1. The number of aliphatic carboxylic acids is 1. The molecule has 0 unspecified atom stereocenters. The molecule has 0 aromatic heterocycles. The predicted molar refractivity (Wildman–Crippen MR) is 67.2 cm³/mol. The minimum atomic E-state index is -0.796. The molecule has 1 aromatic rings. The van der Waals surface area contributed by atoms with Crippen molar-refractivity contribution in [2.24, 2.45) is 5.41 Å². The number of carbonyl (C=O) groups is 1. The number of aromatic hydroxyl groups is 1. The lowest BCUT2D eigenvalue weighted by Gasteiger charge is -2.19. The second-order valence-electron chi connectivity index (χ2n) is 5.59. The molecule has 0 aliphatic rings. The summed E-state index contributed by atoms with van der Waals surface area (Å²) in [6.45, 7) is 6.32. The van der Waals surface area contributed by atoms with E-state index in [0.717, 1.165) is 17.5 Å². The summed E-state index contributed by atoms with van der Waals surface area (Å²) in [6.07, 6.45) is 1.41. The van der Waals surface area contributed by atoms with Crippen molar-refractivity contribution in [3.63, 3.8) is 0 Å². The number of phenolic OH excluding ortho intramolecular Hbond substituents is 1. The number of hydrogen-bond donors (Lipinski definition) is 2. The van der Waals surface area contributed by atoms with Crippen LogP contribution in [-0.2, 0) is 17.6 Å². The van der Waals surface area contributed by atoms with Crippen molar-refractivity contribution in [2.75, 3.05) is 0 Å². The Bertz CT molecular complexity index is 402. The Balaban J connectivity index is 2.83. The molecule has 0 heterocycles. The van der Waals surface area contributed by atoms with Crippen LogP contribution in [0.2, 0.25) is 0 Å². The van der Waals surface area contributed by atoms with Gasteiger partial charge in [0, 0.05) is 6.42 Å². The summed E-state index contributed by atoms with van der Waals surface area (Å²) in [4.78, 5) is 10.5. The van der Waals surface area contributed by atoms with Gasteiger partial charge in [-0.15, -0.1) is 0 Å². The fourth-order valence-electron chi connectivity index (χ4n) is 1.76. The van der Waals surface area contributed by atoms with E-state index in [1.807, 2.05) is 6.07 Å². The SMILES string of the molecule is CC(C)(C)Cc1cc(CCC(=O)O)ccc1O. The fraction of sp³-hybridized carbons (Fsp3) is 0.500. The van der Waals surface area contributed by atoms with Crippen molar-refractivity contribution >= 4 is 5.97 Å². The average molecular weight is 236 g/mol. The first-order chi connectivity index (χ1) is 7.78. The van der Waals surface area contributed by atoms with Gasteiger partial charge in [-0.25, -0.2) is 0 Å². The molecule has 94 valence electrons. The molecule has 1 rings (SSSR count). The third-order valence-corrected chi connectivity index (χ3v) is 2.49. The Morgan fingerprint density at radius 2 is 1.94 bits per heavy atom. The number of hydrogen-bond acceptors (Lipinski definition) is 2. The van der Waals surface area contributed by atoms with Gasteiger partial charge in [0.2, 0.25) is 0 Å². The molecular formula is C14H20O3. The summed E-state index contributed by atoms with van der Waals surface area (Å²) in [7, 11) is 0. The predicted octanol–water partition coefficient (Wildman–Crippen LogP) is 3.00. The minimum Gasteiger partial charge on any atom is -0.508 e. The Morgan fingerprint density at radius 1 is 1.29 bits per heavy atom. The van der Waals surface area contributed by atoms with Crippen LogP contribution in [0.5, 0.6) is 5.75 Å². The molecule has 0 saturated carbocycles. The lowest BCUT2D eigenvalue weighted by Crippen LogP contribution is -2.09. The number of carboxylic acids is 1. The number of aryl methyl sites for hydroxylation is 1. The van der Waals surface area contributed by atoms with Gasteiger partial charge in [-0.05, 0) is 35.4 Å². The van der Waals surface area contributed by atoms with Crippen LogP contribution in [-0.4, -0.2) is 16.2 Å². The number of rotatable bonds is 4. The van der Waals surface area contributed by atoms with Crippen LogP contribution in [0.3, 0.4) is 0 Å². The Morgan fingerprint density at radius 3 is 2.47 bits per heavy atom. The van der Waals surface area contributed by atoms with Crippen LogP contribution in [0.25, 0.3) is 0 Å². The van der Waals surface area contributed by atoms with Gasteiger partial charge < -0.3 is 10.2 Å². The number of phenols is 1. The van der Waals surface area contributed by atoms with Crippen molar-refractivity contribution < 1.29 is 15.0 Å². The largest absolute Gasteiger partial charge is 0.508 e. The van der Waals surface area contributed by atoms with Gasteiger partial charge in [0.05, 0.1) is 0 Å². The molecule has 17 heavy (non-hydrogen) atoms. The molecule has 0 fully saturated rings. The molecule has 0 aliphatic heterocycles. The second kappa shape index (κ2) is 5.21. The maximum absolute atomic E-state index is 10.5. The standard InChI is InChI=1S/C14H20O3/c1-14(2,3)9-11-8-10(4-6-12(11)15)5-7-13(16)17/h4,6,8,15H,5,7,9H2,1-3H3,(H,16,17). The molecule has 2 N–H and O–H groups in total. The van der Waals surface area contributed by atoms with E-state index >= 15 is 0 Å². The van der Waals surface area contributed by atoms with Crippen LogP contribution in [0.4, 0.5) is 0 Å². The molecule has 0 spiro atoms. The third-order valence-electron chi connectivity index (χ3n) is 2.49. The Labute approximate surface area is 102 Å². The summed E-state index contributed by atoms with van der Waals surface area (Å²) in [5, 5.41) is 18.4. The quantitative estimate of drug-likeness (QED) is 0.845. The molecule has 0 saturated heterocycles. The maximum atomic E-state index is 10.5. The zero-order valence-electron chi connectivity index (χ0n) is 10.7. The lowest BCUT2D eigenvalue weighted by molar-refractivity contribution is -0.136. The van der Waals surface area contributed by atoms with Crippen LogP contribution < -0.4 is 0 Å². The smallest absolute Gasteiger partial charge is 0.303 e. The molecule has 0 atom stereocenters. The van der Waals surface area contributed by atoms with Crippen molar-refractivity contribution in [2.45, 2.75) is 40.0 Å². The Hall–Kier alpha value is -1.51. The van der Waals surface area contributed by atoms with E-state index in [9.17, 15) is 9.90 Å². The summed E-state index contributed by atoms with van der Waals surface area (Å²) >= 11 is 0. The van der Waals surface area contributed by atoms with Crippen LogP contribution in [0.1, 0.15) is 38.3 Å². The summed E-state index contributed by atoms with van der Waals surface area (Å²) < 4.78 is 0. The average Bonchev–Trinajstić information content (AvgIpc) is 2.17. The van der Waals surface area contributed by atoms with Crippen LogP contribution >= 0.6 is 0 Å². The first-order valence-corrected chi connectivity index (χ1v) is 5.80. The summed E-state index contributed by atoms with van der Waals surface area (Å²) in [6, 6.07) is 5.34. The molecule has 0 radical (unpaired) electrons. The van der Waals surface area contributed by atoms with Crippen molar-refractivity contribution in [1.82, 2.24) is 0 Å². The number of benzene rings is 1. The van der Waals surface area contributed by atoms with Gasteiger partial charge in [0.1, 0.15) is 5.75 Å². The monoisotopic (exact) mass is 236 g/mol. The van der Waals surface area contributed by atoms with Gasteiger partial charge in [-0.2, -0.15) is 0 Å². The zero-order valence-corrected chi connectivity index (χ0v) is 10.7.